The lowest BCUT2D eigenvalue weighted by molar-refractivity contribution is -0.120. The van der Waals surface area contributed by atoms with Crippen LogP contribution in [0.2, 0.25) is 0 Å². The highest BCUT2D eigenvalue weighted by Gasteiger charge is 1.95. The molecule has 10 heavy (non-hydrogen) atoms. The van der Waals surface area contributed by atoms with Gasteiger partial charge < -0.3 is 10.6 Å². The van der Waals surface area contributed by atoms with Crippen molar-refractivity contribution in [2.45, 2.75) is 13.8 Å². The molecule has 0 aliphatic heterocycles. The van der Waals surface area contributed by atoms with Crippen LogP contribution in [0.4, 0.5) is 0 Å². The summed E-state index contributed by atoms with van der Waals surface area (Å²) >= 11 is 0. The zero-order chi connectivity index (χ0) is 7.98. The van der Waals surface area contributed by atoms with Crippen LogP contribution < -0.4 is 10.6 Å². The molecule has 0 saturated heterocycles. The van der Waals surface area contributed by atoms with Crippen LogP contribution in [0.3, 0.4) is 0 Å². The zero-order valence-corrected chi connectivity index (χ0v) is 6.53. The molecule has 0 aliphatic rings. The van der Waals surface area contributed by atoms with E-state index in [4.69, 9.17) is 0 Å². The fourth-order valence-electron chi connectivity index (χ4n) is 0.491. The predicted molar refractivity (Wildman–Crippen MR) is 41.5 cm³/mol. The minimum atomic E-state index is 0.00509. The van der Waals surface area contributed by atoms with Crippen LogP contribution in [-0.2, 0) is 4.79 Å². The van der Waals surface area contributed by atoms with E-state index in [2.05, 4.69) is 17.2 Å². The van der Waals surface area contributed by atoms with Gasteiger partial charge in [-0.25, -0.2) is 0 Å². The van der Waals surface area contributed by atoms with Gasteiger partial charge in [0.1, 0.15) is 0 Å². The number of allylic oxidation sites excluding steroid dienone is 1. The maximum absolute atomic E-state index is 10.7. The van der Waals surface area contributed by atoms with E-state index < -0.39 is 0 Å². The summed E-state index contributed by atoms with van der Waals surface area (Å²) in [6.07, 6.45) is 0. The third-order valence-electron chi connectivity index (χ3n) is 0.925. The van der Waals surface area contributed by atoms with E-state index in [0.29, 0.717) is 13.1 Å². The molecule has 3 heteroatoms. The van der Waals surface area contributed by atoms with Gasteiger partial charge in [0.05, 0.1) is 6.54 Å². The molecular formula is C7H14N2O. The van der Waals surface area contributed by atoms with Gasteiger partial charge in [-0.1, -0.05) is 6.58 Å². The molecule has 0 rings (SSSR count). The average molecular weight is 142 g/mol. The van der Waals surface area contributed by atoms with Crippen LogP contribution in [0.15, 0.2) is 12.3 Å². The van der Waals surface area contributed by atoms with Gasteiger partial charge in [-0.15, -0.1) is 0 Å². The zero-order valence-electron chi connectivity index (χ0n) is 6.53. The molecule has 58 valence electrons. The van der Waals surface area contributed by atoms with Crippen LogP contribution >= 0.6 is 0 Å². The van der Waals surface area contributed by atoms with Gasteiger partial charge in [0.25, 0.3) is 0 Å². The lowest BCUT2D eigenvalue weighted by Crippen LogP contribution is -2.32. The molecule has 0 aromatic rings. The lowest BCUT2D eigenvalue weighted by Gasteiger charge is -2.03. The van der Waals surface area contributed by atoms with Gasteiger partial charge in [-0.2, -0.15) is 0 Å². The van der Waals surface area contributed by atoms with Gasteiger partial charge in [-0.05, 0) is 13.8 Å². The number of carbonyl (C=O) groups is 1. The summed E-state index contributed by atoms with van der Waals surface area (Å²) in [6, 6.07) is 0. The van der Waals surface area contributed by atoms with Crippen molar-refractivity contribution in [1.29, 1.82) is 0 Å². The highest BCUT2D eigenvalue weighted by molar-refractivity contribution is 5.78. The van der Waals surface area contributed by atoms with Crippen molar-refractivity contribution < 1.29 is 4.79 Å². The second kappa shape index (κ2) is 4.85. The van der Waals surface area contributed by atoms with Crippen molar-refractivity contribution in [1.82, 2.24) is 10.6 Å². The van der Waals surface area contributed by atoms with Crippen molar-refractivity contribution in [2.24, 2.45) is 0 Å². The van der Waals surface area contributed by atoms with E-state index in [9.17, 15) is 4.79 Å². The Morgan fingerprint density at radius 3 is 2.50 bits per heavy atom. The van der Waals surface area contributed by atoms with Gasteiger partial charge >= 0.3 is 0 Å². The maximum Gasteiger partial charge on any atom is 0.239 e. The van der Waals surface area contributed by atoms with E-state index in [1.807, 2.05) is 13.8 Å². The van der Waals surface area contributed by atoms with Crippen molar-refractivity contribution in [3.8, 4) is 0 Å². The standard InChI is InChI=1S/C7H14N2O/c1-4-8-7(10)5-9-6(2)3/h9H,2,4-5H2,1,3H3,(H,8,10). The van der Waals surface area contributed by atoms with Gasteiger partial charge in [0.2, 0.25) is 5.91 Å². The van der Waals surface area contributed by atoms with Crippen LogP contribution in [0, 0.1) is 0 Å². The molecule has 0 bridgehead atoms. The van der Waals surface area contributed by atoms with E-state index >= 15 is 0 Å². The van der Waals surface area contributed by atoms with Crippen molar-refractivity contribution in [3.63, 3.8) is 0 Å². The molecule has 1 amide bonds. The van der Waals surface area contributed by atoms with E-state index in [-0.39, 0.29) is 5.91 Å². The summed E-state index contributed by atoms with van der Waals surface area (Å²) in [7, 11) is 0. The molecular weight excluding hydrogens is 128 g/mol. The Hall–Kier alpha value is -0.990. The number of rotatable bonds is 4. The Morgan fingerprint density at radius 2 is 2.10 bits per heavy atom. The second-order valence-corrected chi connectivity index (χ2v) is 2.09. The largest absolute Gasteiger partial charge is 0.380 e. The summed E-state index contributed by atoms with van der Waals surface area (Å²) in [4.78, 5) is 10.7. The molecule has 0 fully saturated rings. The molecule has 0 aliphatic carbocycles. The Morgan fingerprint density at radius 1 is 1.50 bits per heavy atom. The molecule has 0 radical (unpaired) electrons. The summed E-state index contributed by atoms with van der Waals surface area (Å²) < 4.78 is 0. The molecule has 0 aromatic carbocycles. The third kappa shape index (κ3) is 5.15. The molecule has 0 spiro atoms. The first-order valence-corrected chi connectivity index (χ1v) is 3.33. The second-order valence-electron chi connectivity index (χ2n) is 2.09. The van der Waals surface area contributed by atoms with Crippen LogP contribution in [0.1, 0.15) is 13.8 Å². The van der Waals surface area contributed by atoms with Crippen molar-refractivity contribution >= 4 is 5.91 Å². The molecule has 0 aromatic heterocycles. The Balaban J connectivity index is 3.30. The van der Waals surface area contributed by atoms with E-state index in [1.54, 1.807) is 0 Å². The predicted octanol–water partition coefficient (Wildman–Crippen LogP) is 0.246. The topological polar surface area (TPSA) is 41.1 Å². The SMILES string of the molecule is C=C(C)NCC(=O)NCC. The first kappa shape index (κ1) is 9.01. The maximum atomic E-state index is 10.7. The normalized spacial score (nSPS) is 8.60. The van der Waals surface area contributed by atoms with Gasteiger partial charge in [-0.3, -0.25) is 4.79 Å². The van der Waals surface area contributed by atoms with E-state index in [1.165, 1.54) is 0 Å². The molecule has 2 N–H and O–H groups in total. The number of carbonyl (C=O) groups excluding carboxylic acids is 1. The summed E-state index contributed by atoms with van der Waals surface area (Å²) in [5.41, 5.74) is 0.811. The first-order valence-electron chi connectivity index (χ1n) is 3.33. The third-order valence-corrected chi connectivity index (χ3v) is 0.925. The van der Waals surface area contributed by atoms with Gasteiger partial charge in [0, 0.05) is 12.2 Å². The number of nitrogens with one attached hydrogen (secondary N) is 2. The number of amides is 1. The monoisotopic (exact) mass is 142 g/mol. The average Bonchev–Trinajstić information content (AvgIpc) is 1.85. The molecule has 0 saturated carbocycles. The van der Waals surface area contributed by atoms with E-state index in [0.717, 1.165) is 5.70 Å². The summed E-state index contributed by atoms with van der Waals surface area (Å²) in [5, 5.41) is 5.48. The fourth-order valence-corrected chi connectivity index (χ4v) is 0.491. The smallest absolute Gasteiger partial charge is 0.239 e. The van der Waals surface area contributed by atoms with Crippen molar-refractivity contribution in [2.75, 3.05) is 13.1 Å². The Labute approximate surface area is 61.5 Å². The molecule has 0 atom stereocenters. The van der Waals surface area contributed by atoms with Crippen LogP contribution in [0.25, 0.3) is 0 Å². The number of likely N-dealkylation sites (N-methyl/N-ethyl adjacent to an activating group) is 1. The quantitative estimate of drug-likeness (QED) is 0.590. The lowest BCUT2D eigenvalue weighted by atomic mass is 10.5. The first-order chi connectivity index (χ1) is 4.66. The van der Waals surface area contributed by atoms with Crippen LogP contribution in [0.5, 0.6) is 0 Å². The van der Waals surface area contributed by atoms with Crippen LogP contribution in [-0.4, -0.2) is 19.0 Å². The van der Waals surface area contributed by atoms with Gasteiger partial charge in [0.15, 0.2) is 0 Å². The highest BCUT2D eigenvalue weighted by atomic mass is 16.1. The molecule has 0 heterocycles. The minimum Gasteiger partial charge on any atom is -0.380 e. The summed E-state index contributed by atoms with van der Waals surface area (Å²) in [5.74, 6) is 0.00509. The van der Waals surface area contributed by atoms with Crippen molar-refractivity contribution in [3.05, 3.63) is 12.3 Å². The Kier molecular flexibility index (Phi) is 4.37. The Bertz CT molecular complexity index is 132. The minimum absolute atomic E-state index is 0.00509. The number of hydrogen-bond acceptors (Lipinski definition) is 2. The number of hydrogen-bond donors (Lipinski definition) is 2. The summed E-state index contributed by atoms with van der Waals surface area (Å²) in [6.45, 7) is 8.30. The molecule has 0 unspecified atom stereocenters. The molecule has 3 nitrogen and oxygen atoms in total. The fraction of sp³-hybridized carbons (Fsp3) is 0.571. The highest BCUT2D eigenvalue weighted by Crippen LogP contribution is 1.75.